The second-order valence-electron chi connectivity index (χ2n) is 6.42. The van der Waals surface area contributed by atoms with Crippen LogP contribution in [0.2, 0.25) is 5.02 Å². The molecular formula is C21H22ClFN2O2. The molecule has 1 aromatic heterocycles. The first-order valence-electron chi connectivity index (χ1n) is 9.07. The van der Waals surface area contributed by atoms with Crippen LogP contribution in [0.3, 0.4) is 0 Å². The predicted octanol–water partition coefficient (Wildman–Crippen LogP) is 5.75. The Morgan fingerprint density at radius 2 is 1.74 bits per heavy atom. The number of carboxylic acid groups (broad SMARTS) is 1. The van der Waals surface area contributed by atoms with Gasteiger partial charge in [-0.2, -0.15) is 0 Å². The van der Waals surface area contributed by atoms with Crippen LogP contribution in [-0.4, -0.2) is 28.7 Å². The van der Waals surface area contributed by atoms with Crippen LogP contribution in [0.25, 0.3) is 16.6 Å². The van der Waals surface area contributed by atoms with E-state index in [9.17, 15) is 14.3 Å². The van der Waals surface area contributed by atoms with Gasteiger partial charge in [0.25, 0.3) is 0 Å². The molecule has 0 saturated heterocycles. The Hall–Kier alpha value is -2.53. The number of anilines is 1. The van der Waals surface area contributed by atoms with Gasteiger partial charge in [0.2, 0.25) is 0 Å². The number of nitrogens with zero attached hydrogens (tertiary/aromatic N) is 2. The van der Waals surface area contributed by atoms with Crippen molar-refractivity contribution in [2.45, 2.75) is 26.7 Å². The molecule has 0 aliphatic carbocycles. The second-order valence-corrected chi connectivity index (χ2v) is 6.79. The first-order chi connectivity index (χ1) is 13.0. The molecule has 0 atom stereocenters. The monoisotopic (exact) mass is 388 g/mol. The van der Waals surface area contributed by atoms with Crippen LogP contribution in [0.15, 0.2) is 42.5 Å². The lowest BCUT2D eigenvalue weighted by molar-refractivity contribution is 0.0689. The molecule has 2 aromatic carbocycles. The molecule has 1 heterocycles. The summed E-state index contributed by atoms with van der Waals surface area (Å²) < 4.78 is 16.0. The molecule has 0 bridgehead atoms. The van der Waals surface area contributed by atoms with Gasteiger partial charge in [0.05, 0.1) is 16.2 Å². The van der Waals surface area contributed by atoms with Crippen molar-refractivity contribution in [3.8, 4) is 5.69 Å². The molecule has 0 aliphatic heterocycles. The third kappa shape index (κ3) is 3.39. The predicted molar refractivity (Wildman–Crippen MR) is 108 cm³/mol. The van der Waals surface area contributed by atoms with E-state index in [0.29, 0.717) is 35.4 Å². The van der Waals surface area contributed by atoms with Gasteiger partial charge < -0.3 is 14.6 Å². The Morgan fingerprint density at radius 3 is 2.30 bits per heavy atom. The molecule has 1 N–H and O–H groups in total. The molecule has 0 aliphatic rings. The van der Waals surface area contributed by atoms with Gasteiger partial charge in [-0.25, -0.2) is 9.18 Å². The molecule has 0 fully saturated rings. The molecule has 27 heavy (non-hydrogen) atoms. The Morgan fingerprint density at radius 1 is 1.11 bits per heavy atom. The number of benzene rings is 2. The molecule has 0 unspecified atom stereocenters. The lowest BCUT2D eigenvalue weighted by Gasteiger charge is -2.24. The number of para-hydroxylation sites is 1. The number of aromatic nitrogens is 1. The lowest BCUT2D eigenvalue weighted by atomic mass is 10.1. The van der Waals surface area contributed by atoms with Gasteiger partial charge in [0.15, 0.2) is 5.69 Å². The summed E-state index contributed by atoms with van der Waals surface area (Å²) in [5.41, 5.74) is 1.86. The van der Waals surface area contributed by atoms with Crippen LogP contribution in [0.4, 0.5) is 10.1 Å². The number of hydrogen-bond donors (Lipinski definition) is 1. The van der Waals surface area contributed by atoms with Crippen LogP contribution >= 0.6 is 11.6 Å². The zero-order chi connectivity index (χ0) is 19.6. The van der Waals surface area contributed by atoms with Crippen molar-refractivity contribution in [2.24, 2.45) is 0 Å². The average Bonchev–Trinajstić information content (AvgIpc) is 3.01. The molecule has 3 rings (SSSR count). The van der Waals surface area contributed by atoms with Crippen molar-refractivity contribution in [2.75, 3.05) is 18.0 Å². The maximum Gasteiger partial charge on any atom is 0.355 e. The number of carbonyl (C=O) groups is 1. The highest BCUT2D eigenvalue weighted by atomic mass is 35.5. The molecule has 6 heteroatoms. The van der Waals surface area contributed by atoms with E-state index in [1.165, 1.54) is 6.07 Å². The largest absolute Gasteiger partial charge is 0.476 e. The summed E-state index contributed by atoms with van der Waals surface area (Å²) in [4.78, 5) is 14.3. The molecular weight excluding hydrogens is 367 g/mol. The fraction of sp³-hybridized carbons (Fsp3) is 0.286. The van der Waals surface area contributed by atoms with Crippen molar-refractivity contribution >= 4 is 34.2 Å². The van der Waals surface area contributed by atoms with Crippen molar-refractivity contribution in [1.82, 2.24) is 4.57 Å². The third-order valence-corrected chi connectivity index (χ3v) is 4.89. The topological polar surface area (TPSA) is 45.5 Å². The smallest absolute Gasteiger partial charge is 0.355 e. The summed E-state index contributed by atoms with van der Waals surface area (Å²) in [5.74, 6) is -1.63. The first-order valence-corrected chi connectivity index (χ1v) is 9.45. The van der Waals surface area contributed by atoms with Gasteiger partial charge in [-0.15, -0.1) is 0 Å². The Kier molecular flexibility index (Phi) is 5.71. The molecule has 0 spiro atoms. The minimum absolute atomic E-state index is 0.0445. The summed E-state index contributed by atoms with van der Waals surface area (Å²) in [5, 5.41) is 10.5. The van der Waals surface area contributed by atoms with E-state index >= 15 is 0 Å². The highest BCUT2D eigenvalue weighted by Crippen LogP contribution is 2.41. The summed E-state index contributed by atoms with van der Waals surface area (Å²) in [6.45, 7) is 5.38. The maximum atomic E-state index is 14.3. The lowest BCUT2D eigenvalue weighted by Crippen LogP contribution is -2.27. The van der Waals surface area contributed by atoms with Crippen LogP contribution in [0.1, 0.15) is 37.2 Å². The van der Waals surface area contributed by atoms with Crippen LogP contribution in [0, 0.1) is 5.82 Å². The highest BCUT2D eigenvalue weighted by Gasteiger charge is 2.29. The second kappa shape index (κ2) is 8.01. The number of aromatic carboxylic acids is 1. The van der Waals surface area contributed by atoms with E-state index in [1.54, 1.807) is 10.6 Å². The van der Waals surface area contributed by atoms with E-state index in [1.807, 2.05) is 49.1 Å². The number of halogens is 2. The summed E-state index contributed by atoms with van der Waals surface area (Å²) in [6.07, 6.45) is 1.67. The summed E-state index contributed by atoms with van der Waals surface area (Å²) >= 11 is 6.35. The van der Waals surface area contributed by atoms with Crippen LogP contribution in [0.5, 0.6) is 0 Å². The van der Waals surface area contributed by atoms with E-state index in [4.69, 9.17) is 11.6 Å². The quantitative estimate of drug-likeness (QED) is 0.560. The van der Waals surface area contributed by atoms with Gasteiger partial charge in [-0.3, -0.25) is 0 Å². The molecule has 142 valence electrons. The molecule has 3 aromatic rings. The fourth-order valence-corrected chi connectivity index (χ4v) is 3.77. The Bertz CT molecular complexity index is 963. The molecule has 0 amide bonds. The fourth-order valence-electron chi connectivity index (χ4n) is 3.52. The zero-order valence-corrected chi connectivity index (χ0v) is 16.1. The van der Waals surface area contributed by atoms with Crippen molar-refractivity contribution in [3.63, 3.8) is 0 Å². The van der Waals surface area contributed by atoms with Gasteiger partial charge in [0, 0.05) is 24.2 Å². The minimum atomic E-state index is -1.07. The number of rotatable bonds is 7. The van der Waals surface area contributed by atoms with Crippen molar-refractivity contribution < 1.29 is 14.3 Å². The van der Waals surface area contributed by atoms with Crippen molar-refractivity contribution in [3.05, 3.63) is 59.0 Å². The van der Waals surface area contributed by atoms with Crippen LogP contribution in [-0.2, 0) is 0 Å². The van der Waals surface area contributed by atoms with Gasteiger partial charge >= 0.3 is 5.97 Å². The number of hydrogen-bond acceptors (Lipinski definition) is 2. The third-order valence-electron chi connectivity index (χ3n) is 4.52. The average molecular weight is 389 g/mol. The van der Waals surface area contributed by atoms with E-state index in [-0.39, 0.29) is 10.7 Å². The number of fused-ring (bicyclic) bond motifs is 1. The number of carboxylic acids is 1. The van der Waals surface area contributed by atoms with Gasteiger partial charge in [-0.1, -0.05) is 43.6 Å². The SMILES string of the molecule is CCCN(CCC)c1c(C(=O)O)n(-c2ccccc2)c2ccc(F)c(Cl)c12. The normalized spacial score (nSPS) is 11.1. The zero-order valence-electron chi connectivity index (χ0n) is 15.4. The van der Waals surface area contributed by atoms with Crippen molar-refractivity contribution in [1.29, 1.82) is 0 Å². The summed E-state index contributed by atoms with van der Waals surface area (Å²) in [6, 6.07) is 12.1. The van der Waals surface area contributed by atoms with E-state index in [2.05, 4.69) is 0 Å². The van der Waals surface area contributed by atoms with E-state index < -0.39 is 11.8 Å². The highest BCUT2D eigenvalue weighted by molar-refractivity contribution is 6.37. The summed E-state index contributed by atoms with van der Waals surface area (Å²) in [7, 11) is 0. The minimum Gasteiger partial charge on any atom is -0.476 e. The Labute approximate surface area is 162 Å². The molecule has 0 saturated carbocycles. The molecule has 0 radical (unpaired) electrons. The first kappa shape index (κ1) is 19.2. The molecule has 4 nitrogen and oxygen atoms in total. The maximum absolute atomic E-state index is 14.3. The van der Waals surface area contributed by atoms with Crippen LogP contribution < -0.4 is 4.90 Å². The standard InChI is InChI=1S/C21H22ClFN2O2/c1-3-12-24(13-4-2)19-17-16(11-10-15(23)18(17)22)25(20(19)21(26)27)14-8-6-5-7-9-14/h5-11H,3-4,12-13H2,1-2H3,(H,26,27). The van der Waals surface area contributed by atoms with Gasteiger partial charge in [0.1, 0.15) is 5.82 Å². The Balaban J connectivity index is 2.47. The van der Waals surface area contributed by atoms with Gasteiger partial charge in [-0.05, 0) is 37.1 Å². The van der Waals surface area contributed by atoms with E-state index in [0.717, 1.165) is 12.8 Å².